The Hall–Kier alpha value is -3.68. The van der Waals surface area contributed by atoms with E-state index >= 15 is 0 Å². The van der Waals surface area contributed by atoms with E-state index in [2.05, 4.69) is 162 Å². The molecule has 0 atom stereocenters. The van der Waals surface area contributed by atoms with Gasteiger partial charge in [0.2, 0.25) is 6.34 Å². The third-order valence-corrected chi connectivity index (χ3v) is 11.0. The molecule has 0 bridgehead atoms. The normalized spacial score (nSPS) is 15.2. The molecule has 3 heterocycles. The molecule has 3 aliphatic rings. The van der Waals surface area contributed by atoms with Crippen molar-refractivity contribution < 1.29 is 62.5 Å². The van der Waals surface area contributed by atoms with Crippen molar-refractivity contribution in [1.82, 2.24) is 0 Å². The van der Waals surface area contributed by atoms with E-state index in [1.54, 1.807) is 0 Å². The van der Waals surface area contributed by atoms with Crippen LogP contribution in [-0.2, 0) is 40.3 Å². The van der Waals surface area contributed by atoms with Crippen molar-refractivity contribution >= 4 is 50.4 Å². The molecule has 0 saturated carbocycles. The second-order valence-corrected chi connectivity index (χ2v) is 18.0. The number of rotatable bonds is 5. The Labute approximate surface area is 383 Å². The monoisotopic (exact) mass is 885 g/mol. The molecule has 3 aliphatic heterocycles. The van der Waals surface area contributed by atoms with Crippen LogP contribution in [0.4, 0.5) is 17.1 Å². The molecule has 0 aliphatic carbocycles. The maximum Gasteiger partial charge on any atom is 1.00 e. The van der Waals surface area contributed by atoms with Crippen molar-refractivity contribution in [2.75, 3.05) is 44.4 Å². The Balaban J connectivity index is 0.000000307. The van der Waals surface area contributed by atoms with Gasteiger partial charge >= 0.3 is 29.3 Å². The molecule has 7 rings (SSSR count). The van der Waals surface area contributed by atoms with Gasteiger partial charge in [0.25, 0.3) is 0 Å². The van der Waals surface area contributed by atoms with E-state index in [-0.39, 0.29) is 32.1 Å². The van der Waals surface area contributed by atoms with Crippen LogP contribution >= 0.6 is 0 Å². The summed E-state index contributed by atoms with van der Waals surface area (Å²) in [5.74, 6) is 0. The molecule has 0 N–H and O–H groups in total. The Bertz CT molecular complexity index is 2310. The van der Waals surface area contributed by atoms with Gasteiger partial charge in [-0.1, -0.05) is 70.8 Å². The van der Waals surface area contributed by atoms with Gasteiger partial charge in [-0.15, -0.1) is 0 Å². The fraction of sp³-hybridized carbons (Fsp3) is 0.447. The standard InChI is InChI=1S/C21H27N2.C20H25N.C4H8O.C2H4O4S.Li.H2O4S/c1-14-9-16(3)20(17(4)10-14)22-7-8-23(13-22)21-18(5)11-15(2)12-19(21)6;1-13-9-15(3)19(16(4)10-13)7-8-21-20-17(5)11-14(2)12-18(20)6;1-2-4-5-3-1;3-7(4)5-1-2-6-7;;1-5(2,3)4/h9-13H,7-8H2,1-6H3;8-12H,7H2,1-6H3;1-4H2;1-2H2;;(H2,1,2,3,4)/q+1;;;;+1;/p-2. The summed E-state index contributed by atoms with van der Waals surface area (Å²) in [5.41, 5.74) is 21.2. The summed E-state index contributed by atoms with van der Waals surface area (Å²) in [7, 11) is -8.71. The van der Waals surface area contributed by atoms with E-state index in [0.717, 1.165) is 38.4 Å². The molecular formula is C47H64LiN3O9S2. The van der Waals surface area contributed by atoms with E-state index in [0.29, 0.717) is 0 Å². The van der Waals surface area contributed by atoms with Crippen LogP contribution < -0.4 is 23.8 Å². The quantitative estimate of drug-likeness (QED) is 0.0771. The second-order valence-electron chi connectivity index (χ2n) is 15.9. The maximum absolute atomic E-state index is 9.99. The van der Waals surface area contributed by atoms with Gasteiger partial charge in [-0.05, 0) is 146 Å². The van der Waals surface area contributed by atoms with Crippen molar-refractivity contribution in [1.29, 1.82) is 0 Å². The number of hydrogen-bond donors (Lipinski definition) is 0. The first-order valence-corrected chi connectivity index (χ1v) is 23.1. The van der Waals surface area contributed by atoms with Crippen molar-refractivity contribution in [3.8, 4) is 0 Å². The molecule has 0 amide bonds. The Kier molecular flexibility index (Phi) is 21.9. The van der Waals surface area contributed by atoms with Gasteiger partial charge in [0, 0.05) is 36.2 Å². The van der Waals surface area contributed by atoms with Gasteiger partial charge in [-0.3, -0.25) is 13.4 Å². The van der Waals surface area contributed by atoms with Crippen molar-refractivity contribution in [2.24, 2.45) is 4.99 Å². The van der Waals surface area contributed by atoms with Crippen molar-refractivity contribution in [3.63, 3.8) is 0 Å². The zero-order chi connectivity index (χ0) is 45.7. The zero-order valence-electron chi connectivity index (χ0n) is 39.0. The smallest absolute Gasteiger partial charge is 0.759 e. The zero-order valence-corrected chi connectivity index (χ0v) is 40.6. The summed E-state index contributed by atoms with van der Waals surface area (Å²) >= 11 is 0. The number of hydrogen-bond acceptors (Lipinski definition) is 11. The minimum absolute atomic E-state index is 0. The van der Waals surface area contributed by atoms with Crippen LogP contribution in [0.2, 0.25) is 0 Å². The van der Waals surface area contributed by atoms with Gasteiger partial charge in [-0.25, -0.2) is 17.8 Å². The van der Waals surface area contributed by atoms with E-state index in [9.17, 15) is 8.42 Å². The Morgan fingerprint density at radius 3 is 1.40 bits per heavy atom. The minimum atomic E-state index is -5.17. The maximum atomic E-state index is 9.99. The van der Waals surface area contributed by atoms with Gasteiger partial charge in [0.15, 0.2) is 0 Å². The topological polar surface area (TPSA) is 161 Å². The molecule has 15 heteroatoms. The SMILES string of the molecule is C1CCOC1.Cc1cc(C)c(CC=Nc2c(C)cc(C)cc2C)c(C)c1.Cc1cc(C)c(N2C=[N+](c3c(C)cc(C)cc3C)CC2)c(C)c1.O=S(=O)([O-])[O-].O=S1(=O)OCCO1.[Li+]. The largest absolute Gasteiger partial charge is 1.00 e. The third-order valence-electron chi connectivity index (χ3n) is 10.1. The summed E-state index contributed by atoms with van der Waals surface area (Å²) in [6.07, 6.45) is 7.79. The fourth-order valence-electron chi connectivity index (χ4n) is 8.04. The Morgan fingerprint density at radius 2 is 1.03 bits per heavy atom. The summed E-state index contributed by atoms with van der Waals surface area (Å²) in [6, 6.07) is 18.0. The van der Waals surface area contributed by atoms with E-state index in [4.69, 9.17) is 27.3 Å². The fourth-order valence-corrected chi connectivity index (χ4v) is 8.65. The molecule has 62 heavy (non-hydrogen) atoms. The van der Waals surface area contributed by atoms with Crippen LogP contribution in [0.5, 0.6) is 0 Å². The number of ether oxygens (including phenoxy) is 1. The van der Waals surface area contributed by atoms with Crippen LogP contribution in [0, 0.1) is 83.1 Å². The molecule has 0 radical (unpaired) electrons. The molecule has 12 nitrogen and oxygen atoms in total. The predicted molar refractivity (Wildman–Crippen MR) is 244 cm³/mol. The molecular weight excluding hydrogens is 822 g/mol. The summed E-state index contributed by atoms with van der Waals surface area (Å²) in [5, 5.41) is 0. The first kappa shape index (κ1) is 54.5. The number of anilines is 1. The van der Waals surface area contributed by atoms with Gasteiger partial charge in [0.05, 0.1) is 18.9 Å². The molecule has 4 aromatic carbocycles. The van der Waals surface area contributed by atoms with Gasteiger partial charge < -0.3 is 13.8 Å². The molecule has 0 aromatic heterocycles. The van der Waals surface area contributed by atoms with E-state index < -0.39 is 20.8 Å². The van der Waals surface area contributed by atoms with Crippen LogP contribution in [0.3, 0.4) is 0 Å². The molecule has 4 aromatic rings. The summed E-state index contributed by atoms with van der Waals surface area (Å²) < 4.78 is 69.6. The van der Waals surface area contributed by atoms with Gasteiger partial charge in [-0.2, -0.15) is 8.42 Å². The van der Waals surface area contributed by atoms with Gasteiger partial charge in [0.1, 0.15) is 24.5 Å². The molecule has 334 valence electrons. The second kappa shape index (κ2) is 25.0. The minimum Gasteiger partial charge on any atom is -0.759 e. The number of benzene rings is 4. The van der Waals surface area contributed by atoms with Crippen LogP contribution in [0.15, 0.2) is 53.5 Å². The Morgan fingerprint density at radius 1 is 0.645 bits per heavy atom. The van der Waals surface area contributed by atoms with E-state index in [1.165, 1.54) is 96.5 Å². The number of aryl methyl sites for hydroxylation is 12. The molecule has 2 fully saturated rings. The molecule has 0 spiro atoms. The van der Waals surface area contributed by atoms with Crippen LogP contribution in [0.1, 0.15) is 85.2 Å². The summed E-state index contributed by atoms with van der Waals surface area (Å²) in [6.45, 7) is 30.5. The summed E-state index contributed by atoms with van der Waals surface area (Å²) in [4.78, 5) is 7.13. The molecule has 2 saturated heterocycles. The third kappa shape index (κ3) is 18.2. The van der Waals surface area contributed by atoms with E-state index in [1.807, 2.05) is 0 Å². The van der Waals surface area contributed by atoms with Crippen molar-refractivity contribution in [3.05, 3.63) is 121 Å². The average Bonchev–Trinajstić information content (AvgIpc) is 3.91. The van der Waals surface area contributed by atoms with Crippen LogP contribution in [0.25, 0.3) is 0 Å². The first-order valence-electron chi connectivity index (χ1n) is 20.4. The van der Waals surface area contributed by atoms with Crippen molar-refractivity contribution in [2.45, 2.75) is 102 Å². The van der Waals surface area contributed by atoms with Crippen LogP contribution in [-0.4, -0.2) is 82.6 Å². The molecule has 0 unspecified atom stereocenters. The number of nitrogens with zero attached hydrogens (tertiary/aromatic N) is 3. The first-order chi connectivity index (χ1) is 28.5. The average molecular weight is 886 g/mol. The number of aliphatic imine (C=N–C) groups is 1. The predicted octanol–water partition coefficient (Wildman–Crippen LogP) is 5.95.